The molecule has 2 N–H and O–H groups in total. The number of carboxylic acid groups (broad SMARTS) is 1. The SMILES string of the molecule is O=C(O)c1cc(NC(=O)[C@H]2[C@H](c3ccc(F)c(Cl)c3)C2(Cl)Cl)cc(F)c1Cl. The van der Waals surface area contributed by atoms with Crippen LogP contribution in [0.1, 0.15) is 21.8 Å². The zero-order valence-corrected chi connectivity index (χ0v) is 16.1. The minimum atomic E-state index is -1.48. The molecule has 142 valence electrons. The fourth-order valence-corrected chi connectivity index (χ4v) is 4.02. The molecule has 0 aliphatic heterocycles. The summed E-state index contributed by atoms with van der Waals surface area (Å²) in [7, 11) is 0. The van der Waals surface area contributed by atoms with Gasteiger partial charge in [0.05, 0.1) is 21.5 Å². The average molecular weight is 455 g/mol. The number of carbonyl (C=O) groups is 2. The second-order valence-electron chi connectivity index (χ2n) is 5.92. The molecular formula is C17H9Cl4F2NO3. The molecule has 2 aromatic carbocycles. The van der Waals surface area contributed by atoms with E-state index in [2.05, 4.69) is 5.32 Å². The van der Waals surface area contributed by atoms with Gasteiger partial charge in [0.25, 0.3) is 0 Å². The van der Waals surface area contributed by atoms with Crippen LogP contribution in [0.2, 0.25) is 10.0 Å². The van der Waals surface area contributed by atoms with E-state index in [1.165, 1.54) is 12.1 Å². The van der Waals surface area contributed by atoms with Gasteiger partial charge in [-0.1, -0.05) is 29.3 Å². The van der Waals surface area contributed by atoms with Gasteiger partial charge in [-0.15, -0.1) is 23.2 Å². The highest BCUT2D eigenvalue weighted by atomic mass is 35.5. The van der Waals surface area contributed by atoms with Crippen LogP contribution in [0.25, 0.3) is 0 Å². The van der Waals surface area contributed by atoms with Crippen molar-refractivity contribution in [3.63, 3.8) is 0 Å². The lowest BCUT2D eigenvalue weighted by Gasteiger charge is -2.08. The van der Waals surface area contributed by atoms with E-state index >= 15 is 0 Å². The number of hydrogen-bond donors (Lipinski definition) is 2. The molecule has 0 aromatic heterocycles. The van der Waals surface area contributed by atoms with Crippen LogP contribution in [0.3, 0.4) is 0 Å². The van der Waals surface area contributed by atoms with E-state index in [0.717, 1.165) is 18.2 Å². The lowest BCUT2D eigenvalue weighted by Crippen LogP contribution is -2.17. The maximum absolute atomic E-state index is 13.8. The summed E-state index contributed by atoms with van der Waals surface area (Å²) in [6, 6.07) is 5.75. The molecule has 10 heteroatoms. The van der Waals surface area contributed by atoms with Crippen LogP contribution in [0.5, 0.6) is 0 Å². The number of carbonyl (C=O) groups excluding carboxylic acids is 1. The molecule has 1 aliphatic rings. The minimum Gasteiger partial charge on any atom is -0.478 e. The second-order valence-corrected chi connectivity index (χ2v) is 8.15. The second kappa shape index (κ2) is 7.09. The van der Waals surface area contributed by atoms with Crippen molar-refractivity contribution in [3.05, 3.63) is 63.1 Å². The quantitative estimate of drug-likeness (QED) is 0.599. The van der Waals surface area contributed by atoms with E-state index in [1.807, 2.05) is 0 Å². The molecular weight excluding hydrogens is 446 g/mol. The summed E-state index contributed by atoms with van der Waals surface area (Å²) in [6.45, 7) is 0. The number of hydrogen-bond acceptors (Lipinski definition) is 2. The molecule has 0 spiro atoms. The smallest absolute Gasteiger partial charge is 0.337 e. The number of alkyl halides is 2. The van der Waals surface area contributed by atoms with Gasteiger partial charge in [-0.3, -0.25) is 4.79 Å². The largest absolute Gasteiger partial charge is 0.478 e. The summed E-state index contributed by atoms with van der Waals surface area (Å²) in [5.74, 6) is -5.36. The molecule has 2 atom stereocenters. The van der Waals surface area contributed by atoms with Crippen LogP contribution in [-0.2, 0) is 4.79 Å². The first-order chi connectivity index (χ1) is 12.5. The van der Waals surface area contributed by atoms with Crippen LogP contribution in [0, 0.1) is 17.6 Å². The van der Waals surface area contributed by atoms with Gasteiger partial charge in [0, 0.05) is 11.6 Å². The zero-order valence-electron chi connectivity index (χ0n) is 13.1. The van der Waals surface area contributed by atoms with Crippen molar-refractivity contribution in [1.29, 1.82) is 0 Å². The zero-order chi connectivity index (χ0) is 20.1. The molecule has 1 saturated carbocycles. The third-order valence-corrected chi connectivity index (χ3v) is 5.78. The van der Waals surface area contributed by atoms with Gasteiger partial charge in [-0.2, -0.15) is 0 Å². The summed E-state index contributed by atoms with van der Waals surface area (Å²) >= 11 is 23.7. The first kappa shape index (κ1) is 20.1. The molecule has 0 heterocycles. The highest BCUT2D eigenvalue weighted by Crippen LogP contribution is 2.65. The summed E-state index contributed by atoms with van der Waals surface area (Å²) in [5.41, 5.74) is -0.168. The molecule has 0 unspecified atom stereocenters. The lowest BCUT2D eigenvalue weighted by molar-refractivity contribution is -0.117. The summed E-state index contributed by atoms with van der Waals surface area (Å²) in [4.78, 5) is 23.6. The van der Waals surface area contributed by atoms with Crippen molar-refractivity contribution in [2.24, 2.45) is 5.92 Å². The van der Waals surface area contributed by atoms with Crippen LogP contribution in [-0.4, -0.2) is 21.3 Å². The number of nitrogens with one attached hydrogen (secondary N) is 1. The van der Waals surface area contributed by atoms with Crippen LogP contribution in [0.4, 0.5) is 14.5 Å². The van der Waals surface area contributed by atoms with Crippen molar-refractivity contribution < 1.29 is 23.5 Å². The van der Waals surface area contributed by atoms with E-state index in [4.69, 9.17) is 51.5 Å². The first-order valence-electron chi connectivity index (χ1n) is 7.40. The fourth-order valence-electron chi connectivity index (χ4n) is 2.81. The summed E-state index contributed by atoms with van der Waals surface area (Å²) in [5, 5.41) is 10.7. The van der Waals surface area contributed by atoms with Crippen molar-refractivity contribution >= 4 is 64.0 Å². The molecule has 3 rings (SSSR count). The van der Waals surface area contributed by atoms with E-state index < -0.39 is 50.3 Å². The summed E-state index contributed by atoms with van der Waals surface area (Å²) in [6.07, 6.45) is 0. The number of anilines is 1. The Morgan fingerprint density at radius 3 is 2.33 bits per heavy atom. The molecule has 27 heavy (non-hydrogen) atoms. The number of aromatic carboxylic acids is 1. The Hall–Kier alpha value is -1.60. The van der Waals surface area contributed by atoms with E-state index in [0.29, 0.717) is 5.56 Å². The minimum absolute atomic E-state index is 0.119. The Morgan fingerprint density at radius 2 is 1.74 bits per heavy atom. The van der Waals surface area contributed by atoms with Crippen LogP contribution < -0.4 is 5.32 Å². The van der Waals surface area contributed by atoms with Gasteiger partial charge >= 0.3 is 5.97 Å². The predicted octanol–water partition coefficient (Wildman–Crippen LogP) is 5.50. The molecule has 0 saturated heterocycles. The Labute approximate surface area is 172 Å². The molecule has 1 fully saturated rings. The van der Waals surface area contributed by atoms with Gasteiger partial charge in [0.2, 0.25) is 5.91 Å². The van der Waals surface area contributed by atoms with Crippen molar-refractivity contribution in [3.8, 4) is 0 Å². The average Bonchev–Trinajstić information content (AvgIpc) is 3.15. The van der Waals surface area contributed by atoms with Gasteiger partial charge in [-0.25, -0.2) is 13.6 Å². The molecule has 0 radical (unpaired) electrons. The lowest BCUT2D eigenvalue weighted by atomic mass is 10.1. The molecule has 1 aliphatic carbocycles. The maximum Gasteiger partial charge on any atom is 0.337 e. The third kappa shape index (κ3) is 3.72. The van der Waals surface area contributed by atoms with Gasteiger partial charge < -0.3 is 10.4 Å². The van der Waals surface area contributed by atoms with Crippen molar-refractivity contribution in [2.75, 3.05) is 5.32 Å². The number of amides is 1. The van der Waals surface area contributed by atoms with E-state index in [9.17, 15) is 18.4 Å². The topological polar surface area (TPSA) is 66.4 Å². The Morgan fingerprint density at radius 1 is 1.07 bits per heavy atom. The Bertz CT molecular complexity index is 967. The number of rotatable bonds is 4. The Balaban J connectivity index is 1.84. The summed E-state index contributed by atoms with van der Waals surface area (Å²) < 4.78 is 25.6. The normalized spacial score (nSPS) is 20.2. The number of carboxylic acids is 1. The molecule has 2 aromatic rings. The fraction of sp³-hybridized carbons (Fsp3) is 0.176. The third-order valence-electron chi connectivity index (χ3n) is 4.16. The van der Waals surface area contributed by atoms with Crippen LogP contribution >= 0.6 is 46.4 Å². The number of halogens is 6. The maximum atomic E-state index is 13.8. The molecule has 4 nitrogen and oxygen atoms in total. The first-order valence-corrected chi connectivity index (χ1v) is 8.91. The number of benzene rings is 2. The van der Waals surface area contributed by atoms with Crippen LogP contribution in [0.15, 0.2) is 30.3 Å². The highest BCUT2D eigenvalue weighted by molar-refractivity contribution is 6.53. The highest BCUT2D eigenvalue weighted by Gasteiger charge is 2.67. The predicted molar refractivity (Wildman–Crippen MR) is 99.1 cm³/mol. The molecule has 0 bridgehead atoms. The standard InChI is InChI=1S/C17H9Cl4F2NO3/c18-9-3-6(1-2-10(9)22)12-13(17(12,20)21)15(25)24-7-4-8(16(26)27)14(19)11(23)5-7/h1-5,12-13H,(H,24,25)(H,26,27)/t12-,13+/m0/s1. The van der Waals surface area contributed by atoms with Gasteiger partial charge in [0.15, 0.2) is 0 Å². The van der Waals surface area contributed by atoms with Crippen molar-refractivity contribution in [1.82, 2.24) is 0 Å². The van der Waals surface area contributed by atoms with E-state index in [1.54, 1.807) is 0 Å². The van der Waals surface area contributed by atoms with Gasteiger partial charge in [-0.05, 0) is 29.8 Å². The monoisotopic (exact) mass is 453 g/mol. The van der Waals surface area contributed by atoms with Crippen molar-refractivity contribution in [2.45, 2.75) is 10.3 Å². The molecule has 1 amide bonds. The van der Waals surface area contributed by atoms with Gasteiger partial charge in [0.1, 0.15) is 16.0 Å². The van der Waals surface area contributed by atoms with E-state index in [-0.39, 0.29) is 10.7 Å². The Kier molecular flexibility index (Phi) is 5.29.